The summed E-state index contributed by atoms with van der Waals surface area (Å²) in [5.74, 6) is 0.618. The highest BCUT2D eigenvalue weighted by molar-refractivity contribution is 6.08. The van der Waals surface area contributed by atoms with Crippen molar-refractivity contribution in [3.8, 4) is 16.9 Å². The molecule has 1 amide bonds. The molecule has 0 unspecified atom stereocenters. The van der Waals surface area contributed by atoms with E-state index in [1.807, 2.05) is 42.5 Å². The van der Waals surface area contributed by atoms with Gasteiger partial charge < -0.3 is 9.47 Å². The molecule has 0 saturated heterocycles. The van der Waals surface area contributed by atoms with E-state index in [1.165, 1.54) is 30.7 Å². The molecule has 3 aromatic carbocycles. The zero-order chi connectivity index (χ0) is 24.5. The Hall–Kier alpha value is -3.39. The number of methoxy groups -OCH3 is 1. The third kappa shape index (κ3) is 6.39. The highest BCUT2D eigenvalue weighted by Crippen LogP contribution is 2.33. The summed E-state index contributed by atoms with van der Waals surface area (Å²) in [6.45, 7) is 1.59. The molecular formula is C28H33N3O4. The number of nitrogens with one attached hydrogen (secondary N) is 1. The summed E-state index contributed by atoms with van der Waals surface area (Å²) in [6.07, 6.45) is 7.12. The molecule has 0 aliphatic carbocycles. The van der Waals surface area contributed by atoms with Crippen molar-refractivity contribution in [2.24, 2.45) is 0 Å². The molecule has 1 aliphatic heterocycles. The number of hydrogen-bond acceptors (Lipinski definition) is 6. The topological polar surface area (TPSA) is 74.3 Å². The largest absolute Gasteiger partial charge is 0.494 e. The first-order valence-electron chi connectivity index (χ1n) is 12.2. The Balaban J connectivity index is 1.26. The Kier molecular flexibility index (Phi) is 8.73. The second-order valence-corrected chi connectivity index (χ2v) is 8.61. The van der Waals surface area contributed by atoms with Crippen LogP contribution in [-0.4, -0.2) is 31.4 Å². The zero-order valence-corrected chi connectivity index (χ0v) is 20.2. The summed E-state index contributed by atoms with van der Waals surface area (Å²) in [5.41, 5.74) is 6.37. The predicted octanol–water partition coefficient (Wildman–Crippen LogP) is 6.00. The van der Waals surface area contributed by atoms with Crippen LogP contribution in [0.2, 0.25) is 0 Å². The number of anilines is 2. The first-order valence-corrected chi connectivity index (χ1v) is 12.2. The molecule has 0 aromatic heterocycles. The number of carbonyl (C=O) groups excluding carboxylic acids is 1. The van der Waals surface area contributed by atoms with Crippen molar-refractivity contribution in [2.45, 2.75) is 38.5 Å². The van der Waals surface area contributed by atoms with Crippen LogP contribution in [0.5, 0.6) is 5.75 Å². The van der Waals surface area contributed by atoms with Crippen molar-refractivity contribution < 1.29 is 19.5 Å². The Bertz CT molecular complexity index is 1090. The lowest BCUT2D eigenvalue weighted by Gasteiger charge is -2.17. The van der Waals surface area contributed by atoms with Gasteiger partial charge in [-0.15, -0.1) is 5.53 Å². The van der Waals surface area contributed by atoms with E-state index in [4.69, 9.17) is 9.47 Å². The summed E-state index contributed by atoms with van der Waals surface area (Å²) in [4.78, 5) is 13.0. The van der Waals surface area contributed by atoms with E-state index in [1.54, 1.807) is 37.4 Å². The molecule has 0 radical (unpaired) electrons. The highest BCUT2D eigenvalue weighted by atomic mass is 16.6. The average molecular weight is 476 g/mol. The van der Waals surface area contributed by atoms with Gasteiger partial charge in [-0.2, -0.15) is 5.17 Å². The van der Waals surface area contributed by atoms with Gasteiger partial charge in [-0.25, -0.2) is 5.01 Å². The van der Waals surface area contributed by atoms with Crippen LogP contribution >= 0.6 is 0 Å². The first kappa shape index (κ1) is 24.7. The molecule has 0 atom stereocenters. The summed E-state index contributed by atoms with van der Waals surface area (Å²) in [7, 11) is 1.75. The van der Waals surface area contributed by atoms with Crippen LogP contribution in [0.4, 0.5) is 11.4 Å². The number of hydrogen-bond donors (Lipinski definition) is 2. The standard InChI is InChI=1S/C28H33N3O4/c1-34-20-8-4-2-3-5-9-21-35-25-18-16-23(17-19-25)22-12-14-24(15-13-22)28(32)30-26-10-6-7-11-27(26)31(33)29-30/h6-7,10-19,29,33H,2-5,8-9,20-21H2,1H3. The molecule has 0 saturated carbocycles. The molecule has 1 aliphatic rings. The molecule has 3 aromatic rings. The number of unbranched alkanes of at least 4 members (excludes halogenated alkanes) is 5. The number of carbonyl (C=O) groups is 1. The maximum atomic E-state index is 13.0. The summed E-state index contributed by atoms with van der Waals surface area (Å²) in [6, 6.07) is 22.6. The van der Waals surface area contributed by atoms with Crippen LogP contribution in [0, 0.1) is 0 Å². The number of ether oxygens (including phenoxy) is 2. The Labute approximate surface area is 206 Å². The summed E-state index contributed by atoms with van der Waals surface area (Å²) >= 11 is 0. The van der Waals surface area contributed by atoms with Crippen LogP contribution in [0.15, 0.2) is 72.8 Å². The van der Waals surface area contributed by atoms with Crippen molar-refractivity contribution in [3.63, 3.8) is 0 Å². The monoisotopic (exact) mass is 475 g/mol. The lowest BCUT2D eigenvalue weighted by atomic mass is 10.0. The van der Waals surface area contributed by atoms with Gasteiger partial charge >= 0.3 is 0 Å². The van der Waals surface area contributed by atoms with Crippen molar-refractivity contribution in [1.82, 2.24) is 5.53 Å². The smallest absolute Gasteiger partial charge is 0.274 e. The lowest BCUT2D eigenvalue weighted by molar-refractivity contribution is 0.0957. The molecule has 0 spiro atoms. The molecule has 1 heterocycles. The minimum Gasteiger partial charge on any atom is -0.494 e. The van der Waals surface area contributed by atoms with E-state index in [-0.39, 0.29) is 5.91 Å². The van der Waals surface area contributed by atoms with E-state index < -0.39 is 0 Å². The van der Waals surface area contributed by atoms with Gasteiger partial charge in [-0.05, 0) is 60.4 Å². The highest BCUT2D eigenvalue weighted by Gasteiger charge is 2.29. The normalized spacial score (nSPS) is 12.6. The molecule has 4 rings (SSSR count). The van der Waals surface area contributed by atoms with Crippen LogP contribution in [0.1, 0.15) is 48.9 Å². The number of para-hydroxylation sites is 2. The van der Waals surface area contributed by atoms with Gasteiger partial charge in [-0.1, -0.05) is 62.1 Å². The van der Waals surface area contributed by atoms with Gasteiger partial charge in [-0.3, -0.25) is 10.0 Å². The Morgan fingerprint density at radius 2 is 1.34 bits per heavy atom. The summed E-state index contributed by atoms with van der Waals surface area (Å²) < 4.78 is 11.0. The van der Waals surface area contributed by atoms with Crippen molar-refractivity contribution >= 4 is 17.3 Å². The second-order valence-electron chi connectivity index (χ2n) is 8.61. The quantitative estimate of drug-likeness (QED) is 0.313. The van der Waals surface area contributed by atoms with E-state index in [0.29, 0.717) is 16.9 Å². The molecule has 7 heteroatoms. The fourth-order valence-corrected chi connectivity index (χ4v) is 4.11. The number of fused-ring (bicyclic) bond motifs is 1. The number of amides is 1. The maximum absolute atomic E-state index is 13.0. The molecule has 0 bridgehead atoms. The first-order chi connectivity index (χ1) is 17.2. The van der Waals surface area contributed by atoms with Crippen molar-refractivity contribution in [3.05, 3.63) is 78.4 Å². The number of nitrogens with zero attached hydrogens (tertiary/aromatic N) is 2. The van der Waals surface area contributed by atoms with Gasteiger partial charge in [0.25, 0.3) is 5.91 Å². The summed E-state index contributed by atoms with van der Waals surface area (Å²) in [5, 5.41) is 12.2. The SMILES string of the molecule is COCCCCCCCCOc1ccc(-c2ccc(C(=O)N3NN(O)c4ccccc43)cc2)cc1. The maximum Gasteiger partial charge on any atom is 0.274 e. The number of rotatable bonds is 12. The fourth-order valence-electron chi connectivity index (χ4n) is 4.11. The average Bonchev–Trinajstić information content (AvgIpc) is 3.24. The number of hydrazine groups is 2. The minimum absolute atomic E-state index is 0.251. The predicted molar refractivity (Wildman–Crippen MR) is 138 cm³/mol. The van der Waals surface area contributed by atoms with E-state index in [9.17, 15) is 10.0 Å². The van der Waals surface area contributed by atoms with Crippen LogP contribution in [0.25, 0.3) is 11.1 Å². The van der Waals surface area contributed by atoms with Gasteiger partial charge in [0.1, 0.15) is 11.4 Å². The Morgan fingerprint density at radius 1 is 0.771 bits per heavy atom. The second kappa shape index (κ2) is 12.4. The molecule has 35 heavy (non-hydrogen) atoms. The van der Waals surface area contributed by atoms with Gasteiger partial charge in [0.2, 0.25) is 0 Å². The molecule has 7 nitrogen and oxygen atoms in total. The third-order valence-corrected chi connectivity index (χ3v) is 6.08. The minimum atomic E-state index is -0.251. The van der Waals surface area contributed by atoms with Crippen LogP contribution in [0.3, 0.4) is 0 Å². The van der Waals surface area contributed by atoms with Crippen LogP contribution < -0.4 is 20.5 Å². The molecule has 2 N–H and O–H groups in total. The molecular weight excluding hydrogens is 442 g/mol. The van der Waals surface area contributed by atoms with E-state index in [0.717, 1.165) is 48.1 Å². The van der Waals surface area contributed by atoms with Gasteiger partial charge in [0.15, 0.2) is 0 Å². The lowest BCUT2D eigenvalue weighted by Crippen LogP contribution is -2.46. The number of benzene rings is 3. The van der Waals surface area contributed by atoms with Crippen molar-refractivity contribution in [1.29, 1.82) is 0 Å². The third-order valence-electron chi connectivity index (χ3n) is 6.08. The molecule has 184 valence electrons. The van der Waals surface area contributed by atoms with E-state index >= 15 is 0 Å². The van der Waals surface area contributed by atoms with Gasteiger partial charge in [0.05, 0.1) is 12.3 Å². The van der Waals surface area contributed by atoms with E-state index in [2.05, 4.69) is 5.53 Å². The van der Waals surface area contributed by atoms with Gasteiger partial charge in [0, 0.05) is 19.3 Å². The fraction of sp³-hybridized carbons (Fsp3) is 0.321. The van der Waals surface area contributed by atoms with Crippen molar-refractivity contribution in [2.75, 3.05) is 30.5 Å². The molecule has 0 fully saturated rings. The zero-order valence-electron chi connectivity index (χ0n) is 20.2. The van der Waals surface area contributed by atoms with Crippen LogP contribution in [-0.2, 0) is 4.74 Å². The Morgan fingerprint density at radius 3 is 2.00 bits per heavy atom.